The zero-order valence-electron chi connectivity index (χ0n) is 11.3. The van der Waals surface area contributed by atoms with E-state index >= 15 is 0 Å². The number of hydrogen-bond donors (Lipinski definition) is 1. The minimum absolute atomic E-state index is 0.132. The summed E-state index contributed by atoms with van der Waals surface area (Å²) in [6.07, 6.45) is -12.3. The van der Waals surface area contributed by atoms with Crippen LogP contribution in [0.3, 0.4) is 0 Å². The molecule has 0 radical (unpaired) electrons. The number of hydrogen-bond acceptors (Lipinski definition) is 3. The molecular formula is C9H9F8N3O2S. The maximum Gasteiger partial charge on any atom is 0.459 e. The van der Waals surface area contributed by atoms with Gasteiger partial charge < -0.3 is 0 Å². The fraction of sp³-hybridized carbons (Fsp3) is 0.667. The predicted molar refractivity (Wildman–Crippen MR) is 58.9 cm³/mol. The highest BCUT2D eigenvalue weighted by Crippen LogP contribution is 2.49. The van der Waals surface area contributed by atoms with E-state index in [1.165, 1.54) is 0 Å². The molecule has 0 aliphatic heterocycles. The van der Waals surface area contributed by atoms with Gasteiger partial charge in [-0.05, 0) is 13.8 Å². The number of nitrogens with two attached hydrogens (primary N) is 1. The van der Waals surface area contributed by atoms with Crippen LogP contribution < -0.4 is 5.14 Å². The number of halogens is 8. The highest BCUT2D eigenvalue weighted by molar-refractivity contribution is 7.89. The van der Waals surface area contributed by atoms with Gasteiger partial charge in [0, 0.05) is 6.04 Å². The van der Waals surface area contributed by atoms with Crippen LogP contribution in [0.2, 0.25) is 0 Å². The molecule has 1 aromatic heterocycles. The van der Waals surface area contributed by atoms with E-state index in [0.29, 0.717) is 0 Å². The molecule has 1 aromatic rings. The molecule has 0 amide bonds. The topological polar surface area (TPSA) is 78.0 Å². The lowest BCUT2D eigenvalue weighted by Gasteiger charge is -2.19. The Morgan fingerprint density at radius 1 is 1.04 bits per heavy atom. The highest BCUT2D eigenvalue weighted by atomic mass is 32.2. The first-order chi connectivity index (χ1) is 9.92. The van der Waals surface area contributed by atoms with Crippen molar-refractivity contribution < 1.29 is 43.5 Å². The third-order valence-electron chi connectivity index (χ3n) is 2.56. The van der Waals surface area contributed by atoms with Crippen LogP contribution in [-0.2, 0) is 22.1 Å². The van der Waals surface area contributed by atoms with Gasteiger partial charge in [-0.15, -0.1) is 0 Å². The normalized spacial score (nSPS) is 14.6. The third kappa shape index (κ3) is 3.41. The molecule has 0 saturated heterocycles. The predicted octanol–water partition coefficient (Wildman–Crippen LogP) is 2.78. The monoisotopic (exact) mass is 375 g/mol. The van der Waals surface area contributed by atoms with Crippen molar-refractivity contribution in [3.63, 3.8) is 0 Å². The summed E-state index contributed by atoms with van der Waals surface area (Å²) in [5.74, 6) is -6.03. The van der Waals surface area contributed by atoms with Gasteiger partial charge >= 0.3 is 18.3 Å². The third-order valence-corrected chi connectivity index (χ3v) is 3.49. The highest BCUT2D eigenvalue weighted by Gasteiger charge is 2.64. The zero-order chi connectivity index (χ0) is 18.6. The first-order valence-electron chi connectivity index (χ1n) is 5.60. The molecule has 2 N–H and O–H groups in total. The molecule has 134 valence electrons. The maximum atomic E-state index is 13.4. The van der Waals surface area contributed by atoms with Gasteiger partial charge in [-0.2, -0.15) is 40.2 Å². The Bertz CT molecular complexity index is 702. The second kappa shape index (κ2) is 5.29. The van der Waals surface area contributed by atoms with Crippen LogP contribution in [-0.4, -0.2) is 24.4 Å². The Kier molecular flexibility index (Phi) is 4.51. The Morgan fingerprint density at radius 2 is 1.48 bits per heavy atom. The lowest BCUT2D eigenvalue weighted by molar-refractivity contribution is -0.292. The largest absolute Gasteiger partial charge is 0.459 e. The number of alkyl halides is 8. The summed E-state index contributed by atoms with van der Waals surface area (Å²) >= 11 is 0. The lowest BCUT2D eigenvalue weighted by Crippen LogP contribution is -2.36. The molecule has 1 heterocycles. The van der Waals surface area contributed by atoms with Crippen molar-refractivity contribution in [2.24, 2.45) is 5.14 Å². The van der Waals surface area contributed by atoms with E-state index in [9.17, 15) is 43.5 Å². The van der Waals surface area contributed by atoms with E-state index in [1.54, 1.807) is 0 Å². The molecule has 23 heavy (non-hydrogen) atoms. The van der Waals surface area contributed by atoms with E-state index < -0.39 is 50.6 Å². The van der Waals surface area contributed by atoms with Crippen LogP contribution in [0.15, 0.2) is 5.03 Å². The quantitative estimate of drug-likeness (QED) is 0.826. The van der Waals surface area contributed by atoms with E-state index in [2.05, 4.69) is 10.2 Å². The molecule has 0 fully saturated rings. The van der Waals surface area contributed by atoms with Crippen LogP contribution in [0, 0.1) is 0 Å². The van der Waals surface area contributed by atoms with E-state index in [-0.39, 0.29) is 4.68 Å². The zero-order valence-corrected chi connectivity index (χ0v) is 12.1. The summed E-state index contributed by atoms with van der Waals surface area (Å²) in [5.41, 5.74) is -5.51. The van der Waals surface area contributed by atoms with Crippen LogP contribution in [0.4, 0.5) is 35.1 Å². The Balaban J connectivity index is 4.03. The van der Waals surface area contributed by atoms with Crippen LogP contribution in [0.1, 0.15) is 31.1 Å². The molecular weight excluding hydrogens is 366 g/mol. The fourth-order valence-corrected chi connectivity index (χ4v) is 2.66. The molecule has 0 atom stereocenters. The number of sulfonamides is 1. The van der Waals surface area contributed by atoms with Crippen molar-refractivity contribution in [2.45, 2.75) is 43.2 Å². The van der Waals surface area contributed by atoms with Crippen molar-refractivity contribution in [1.29, 1.82) is 0 Å². The second-order valence-corrected chi connectivity index (χ2v) is 6.16. The number of rotatable bonds is 3. The van der Waals surface area contributed by atoms with Gasteiger partial charge in [0.05, 0.1) is 0 Å². The molecule has 0 saturated carbocycles. The maximum absolute atomic E-state index is 13.4. The van der Waals surface area contributed by atoms with Gasteiger partial charge in [0.2, 0.25) is 0 Å². The summed E-state index contributed by atoms with van der Waals surface area (Å²) in [6.45, 7) is 2.05. The summed E-state index contributed by atoms with van der Waals surface area (Å²) in [5, 5.41) is 5.13. The minimum Gasteiger partial charge on any atom is -0.249 e. The Morgan fingerprint density at radius 3 is 1.74 bits per heavy atom. The molecule has 5 nitrogen and oxygen atoms in total. The van der Waals surface area contributed by atoms with Crippen LogP contribution >= 0.6 is 0 Å². The lowest BCUT2D eigenvalue weighted by atomic mass is 10.1. The SMILES string of the molecule is CC(C)n1nc(C(F)(F)C(F)(F)F)c(C(F)(F)F)c1S(N)(=O)=O. The number of primary sulfonamides is 1. The summed E-state index contributed by atoms with van der Waals surface area (Å²) in [4.78, 5) is 0. The number of aromatic nitrogens is 2. The van der Waals surface area contributed by atoms with Crippen molar-refractivity contribution >= 4 is 10.0 Å². The van der Waals surface area contributed by atoms with E-state index in [1.807, 2.05) is 0 Å². The van der Waals surface area contributed by atoms with Crippen molar-refractivity contribution in [2.75, 3.05) is 0 Å². The molecule has 0 aliphatic rings. The molecule has 14 heteroatoms. The average molecular weight is 375 g/mol. The van der Waals surface area contributed by atoms with E-state index in [0.717, 1.165) is 13.8 Å². The van der Waals surface area contributed by atoms with Crippen LogP contribution in [0.5, 0.6) is 0 Å². The smallest absolute Gasteiger partial charge is 0.249 e. The van der Waals surface area contributed by atoms with Gasteiger partial charge in [0.25, 0.3) is 10.0 Å². The molecule has 0 aromatic carbocycles. The average Bonchev–Trinajstić information content (AvgIpc) is 2.66. The van der Waals surface area contributed by atoms with Crippen molar-refractivity contribution in [3.8, 4) is 0 Å². The molecule has 0 spiro atoms. The van der Waals surface area contributed by atoms with Gasteiger partial charge in [-0.25, -0.2) is 18.2 Å². The summed E-state index contributed by atoms with van der Waals surface area (Å²) in [6, 6.07) is -1.29. The fourth-order valence-electron chi connectivity index (χ4n) is 1.65. The van der Waals surface area contributed by atoms with Gasteiger partial charge in [0.15, 0.2) is 10.7 Å². The summed E-state index contributed by atoms with van der Waals surface area (Å²) in [7, 11) is -5.30. The van der Waals surface area contributed by atoms with Gasteiger partial charge in [0.1, 0.15) is 5.56 Å². The van der Waals surface area contributed by atoms with Gasteiger partial charge in [-0.3, -0.25) is 0 Å². The van der Waals surface area contributed by atoms with Crippen molar-refractivity contribution in [1.82, 2.24) is 9.78 Å². The standard InChI is InChI=1S/C9H9F8N3O2S/c1-3(2)20-6(23(18,21)22)4(8(12,13)14)5(19-20)7(10,11)9(15,16)17/h3H,1-2H3,(H2,18,21,22). The second-order valence-electron chi connectivity index (χ2n) is 4.68. The molecule has 0 aliphatic carbocycles. The van der Waals surface area contributed by atoms with E-state index in [4.69, 9.17) is 0 Å². The Hall–Kier alpha value is -1.44. The first kappa shape index (κ1) is 19.6. The first-order valence-corrected chi connectivity index (χ1v) is 7.14. The summed E-state index contributed by atoms with van der Waals surface area (Å²) < 4.78 is 125. The molecule has 1 rings (SSSR count). The van der Waals surface area contributed by atoms with Crippen molar-refractivity contribution in [3.05, 3.63) is 11.3 Å². The Labute approximate surface area is 124 Å². The number of nitrogens with zero attached hydrogens (tertiary/aromatic N) is 2. The minimum atomic E-state index is -6.42. The van der Waals surface area contributed by atoms with Gasteiger partial charge in [-0.1, -0.05) is 0 Å². The van der Waals surface area contributed by atoms with Crippen LogP contribution in [0.25, 0.3) is 0 Å². The molecule has 0 bridgehead atoms. The molecule has 0 unspecified atom stereocenters.